The summed E-state index contributed by atoms with van der Waals surface area (Å²) in [5, 5.41) is 19.3. The van der Waals surface area contributed by atoms with E-state index in [4.69, 9.17) is 4.74 Å². The molecule has 1 unspecified atom stereocenters. The van der Waals surface area contributed by atoms with Gasteiger partial charge in [-0.05, 0) is 27.0 Å². The van der Waals surface area contributed by atoms with E-state index in [1.54, 1.807) is 26.1 Å². The Balaban J connectivity index is 2.88. The number of aliphatic carboxylic acids is 1. The van der Waals surface area contributed by atoms with Crippen molar-refractivity contribution in [1.29, 1.82) is 0 Å². The first-order valence-electron chi connectivity index (χ1n) is 6.75. The van der Waals surface area contributed by atoms with Crippen LogP contribution in [-0.4, -0.2) is 47.3 Å². The van der Waals surface area contributed by atoms with Crippen molar-refractivity contribution in [1.82, 2.24) is 4.90 Å². The van der Waals surface area contributed by atoms with E-state index in [9.17, 15) is 19.8 Å². The molecule has 0 bridgehead atoms. The minimum atomic E-state index is -1.08. The number of benzene rings is 1. The number of carboxylic acid groups (broad SMARTS) is 1. The van der Waals surface area contributed by atoms with Crippen LogP contribution in [0.5, 0.6) is 5.75 Å². The number of hydrogen-bond acceptors (Lipinski definition) is 5. The molecule has 0 radical (unpaired) electrons. The van der Waals surface area contributed by atoms with Gasteiger partial charge in [0.2, 0.25) is 0 Å². The van der Waals surface area contributed by atoms with E-state index in [1.807, 2.05) is 6.92 Å². The number of esters is 1. The summed E-state index contributed by atoms with van der Waals surface area (Å²) in [5.74, 6) is -1.53. The highest BCUT2D eigenvalue weighted by atomic mass is 16.5. The smallest absolute Gasteiger partial charge is 0.325 e. The van der Waals surface area contributed by atoms with Gasteiger partial charge >= 0.3 is 11.9 Å². The van der Waals surface area contributed by atoms with Gasteiger partial charge in [-0.25, -0.2) is 0 Å². The number of ether oxygens (including phenoxy) is 1. The third-order valence-corrected chi connectivity index (χ3v) is 3.13. The van der Waals surface area contributed by atoms with Crippen molar-refractivity contribution >= 4 is 11.9 Å². The maximum absolute atomic E-state index is 11.5. The van der Waals surface area contributed by atoms with Gasteiger partial charge in [0.15, 0.2) is 0 Å². The number of rotatable bonds is 7. The van der Waals surface area contributed by atoms with Crippen LogP contribution in [-0.2, 0) is 14.3 Å². The van der Waals surface area contributed by atoms with Crippen LogP contribution in [0.4, 0.5) is 0 Å². The monoisotopic (exact) mass is 295 g/mol. The van der Waals surface area contributed by atoms with Crippen LogP contribution in [0.15, 0.2) is 18.2 Å². The lowest BCUT2D eigenvalue weighted by atomic mass is 10.0. The summed E-state index contributed by atoms with van der Waals surface area (Å²) >= 11 is 0. The number of carboxylic acids is 1. The molecule has 0 aliphatic heterocycles. The van der Waals surface area contributed by atoms with E-state index in [-0.39, 0.29) is 24.7 Å². The van der Waals surface area contributed by atoms with Crippen LogP contribution in [0.25, 0.3) is 0 Å². The molecule has 0 saturated heterocycles. The fourth-order valence-corrected chi connectivity index (χ4v) is 2.08. The lowest BCUT2D eigenvalue weighted by molar-refractivity contribution is -0.147. The molecule has 6 heteroatoms. The molecular weight excluding hydrogens is 274 g/mol. The lowest BCUT2D eigenvalue weighted by Gasteiger charge is -2.25. The predicted octanol–water partition coefficient (Wildman–Crippen LogP) is 1.71. The van der Waals surface area contributed by atoms with Gasteiger partial charge in [-0.3, -0.25) is 14.5 Å². The summed E-state index contributed by atoms with van der Waals surface area (Å²) < 4.78 is 4.82. The number of carbonyl (C=O) groups is 2. The van der Waals surface area contributed by atoms with Gasteiger partial charge in [-0.2, -0.15) is 0 Å². The van der Waals surface area contributed by atoms with Crippen LogP contribution in [0.2, 0.25) is 0 Å². The van der Waals surface area contributed by atoms with Crippen molar-refractivity contribution in [2.75, 3.05) is 20.2 Å². The largest absolute Gasteiger partial charge is 0.508 e. The molecule has 6 nitrogen and oxygen atoms in total. The zero-order valence-electron chi connectivity index (χ0n) is 12.5. The number of carbonyl (C=O) groups excluding carboxylic acids is 1. The van der Waals surface area contributed by atoms with Gasteiger partial charge < -0.3 is 14.9 Å². The summed E-state index contributed by atoms with van der Waals surface area (Å²) in [6, 6.07) is 3.80. The molecule has 116 valence electrons. The number of aromatic hydroxyl groups is 1. The summed E-state index contributed by atoms with van der Waals surface area (Å²) in [7, 11) is 1.60. The zero-order chi connectivity index (χ0) is 16.0. The molecule has 2 N–H and O–H groups in total. The first-order chi connectivity index (χ1) is 9.86. The van der Waals surface area contributed by atoms with Crippen molar-refractivity contribution < 1.29 is 24.5 Å². The van der Waals surface area contributed by atoms with Gasteiger partial charge in [-0.1, -0.05) is 17.7 Å². The summed E-state index contributed by atoms with van der Waals surface area (Å²) in [4.78, 5) is 24.4. The molecule has 1 rings (SSSR count). The quantitative estimate of drug-likeness (QED) is 0.745. The number of phenolic OH excluding ortho intramolecular Hbond substituents is 1. The zero-order valence-corrected chi connectivity index (χ0v) is 12.5. The van der Waals surface area contributed by atoms with Crippen LogP contribution in [0.1, 0.15) is 30.5 Å². The Bertz CT molecular complexity index is 515. The lowest BCUT2D eigenvalue weighted by Crippen LogP contribution is -2.33. The molecule has 0 amide bonds. The molecular formula is C15H21NO5. The maximum Gasteiger partial charge on any atom is 0.325 e. The Morgan fingerprint density at radius 2 is 2.05 bits per heavy atom. The maximum atomic E-state index is 11.5. The van der Waals surface area contributed by atoms with Crippen molar-refractivity contribution in [3.63, 3.8) is 0 Å². The third-order valence-electron chi connectivity index (χ3n) is 3.13. The molecule has 1 aromatic rings. The highest BCUT2D eigenvalue weighted by molar-refractivity contribution is 5.77. The van der Waals surface area contributed by atoms with Crippen molar-refractivity contribution in [3.8, 4) is 5.75 Å². The predicted molar refractivity (Wildman–Crippen MR) is 77.1 cm³/mol. The van der Waals surface area contributed by atoms with Crippen LogP contribution < -0.4 is 0 Å². The molecule has 0 aliphatic carbocycles. The van der Waals surface area contributed by atoms with Crippen molar-refractivity contribution in [3.05, 3.63) is 29.3 Å². The second kappa shape index (κ2) is 7.64. The molecule has 0 aromatic heterocycles. The van der Waals surface area contributed by atoms with Crippen LogP contribution in [0, 0.1) is 6.92 Å². The number of aryl methyl sites for hydroxylation is 1. The molecule has 1 aromatic carbocycles. The second-order valence-electron chi connectivity index (χ2n) is 4.84. The van der Waals surface area contributed by atoms with Crippen molar-refractivity contribution in [2.24, 2.45) is 0 Å². The molecule has 0 spiro atoms. The third kappa shape index (κ3) is 4.75. The number of phenols is 1. The molecule has 0 aliphatic rings. The summed E-state index contributed by atoms with van der Waals surface area (Å²) in [5.41, 5.74) is 1.17. The highest BCUT2D eigenvalue weighted by Gasteiger charge is 2.27. The first kappa shape index (κ1) is 17.0. The normalized spacial score (nSPS) is 12.2. The van der Waals surface area contributed by atoms with Gasteiger partial charge in [0.1, 0.15) is 11.8 Å². The van der Waals surface area contributed by atoms with Gasteiger partial charge in [0.25, 0.3) is 0 Å². The topological polar surface area (TPSA) is 87.1 Å². The molecule has 0 heterocycles. The SMILES string of the molecule is CCOC(=O)CCN(C)C(C(=O)O)c1cc(C)ccc1O. The first-order valence-corrected chi connectivity index (χ1v) is 6.75. The van der Waals surface area contributed by atoms with E-state index < -0.39 is 12.0 Å². The molecule has 0 fully saturated rings. The Hall–Kier alpha value is -2.08. The fourth-order valence-electron chi connectivity index (χ4n) is 2.08. The molecule has 21 heavy (non-hydrogen) atoms. The summed E-state index contributed by atoms with van der Waals surface area (Å²) in [6.45, 7) is 4.06. The Morgan fingerprint density at radius 1 is 1.38 bits per heavy atom. The van der Waals surface area contributed by atoms with E-state index >= 15 is 0 Å². The second-order valence-corrected chi connectivity index (χ2v) is 4.84. The van der Waals surface area contributed by atoms with Gasteiger partial charge in [-0.15, -0.1) is 0 Å². The van der Waals surface area contributed by atoms with Crippen molar-refractivity contribution in [2.45, 2.75) is 26.3 Å². The van der Waals surface area contributed by atoms with Gasteiger partial charge in [0.05, 0.1) is 13.0 Å². The van der Waals surface area contributed by atoms with Gasteiger partial charge in [0, 0.05) is 12.1 Å². The summed E-state index contributed by atoms with van der Waals surface area (Å²) in [6.07, 6.45) is 0.0979. The van der Waals surface area contributed by atoms with Crippen LogP contribution in [0.3, 0.4) is 0 Å². The van der Waals surface area contributed by atoms with E-state index in [0.29, 0.717) is 12.2 Å². The molecule has 1 atom stereocenters. The average molecular weight is 295 g/mol. The highest BCUT2D eigenvalue weighted by Crippen LogP contribution is 2.29. The Morgan fingerprint density at radius 3 is 2.62 bits per heavy atom. The van der Waals surface area contributed by atoms with E-state index in [1.165, 1.54) is 11.0 Å². The van der Waals surface area contributed by atoms with E-state index in [0.717, 1.165) is 5.56 Å². The Kier molecular flexibility index (Phi) is 6.17. The van der Waals surface area contributed by atoms with Crippen LogP contribution >= 0.6 is 0 Å². The fraction of sp³-hybridized carbons (Fsp3) is 0.467. The number of likely N-dealkylation sites (N-methyl/N-ethyl adjacent to an activating group) is 1. The number of hydrogen-bond donors (Lipinski definition) is 2. The standard InChI is InChI=1S/C15H21NO5/c1-4-21-13(18)7-8-16(3)14(15(19)20)11-9-10(2)5-6-12(11)17/h5-6,9,14,17H,4,7-8H2,1-3H3,(H,19,20). The number of nitrogens with zero attached hydrogens (tertiary/aromatic N) is 1. The van der Waals surface area contributed by atoms with E-state index in [2.05, 4.69) is 0 Å². The molecule has 0 saturated carbocycles. The minimum absolute atomic E-state index is 0.0732. The minimum Gasteiger partial charge on any atom is -0.508 e. The Labute approximate surface area is 124 Å². The average Bonchev–Trinajstić information content (AvgIpc) is 2.40.